The van der Waals surface area contributed by atoms with E-state index in [2.05, 4.69) is 52.5 Å². The predicted molar refractivity (Wildman–Crippen MR) is 281 cm³/mol. The van der Waals surface area contributed by atoms with Crippen molar-refractivity contribution in [2.24, 2.45) is 35.1 Å². The van der Waals surface area contributed by atoms with Crippen LogP contribution in [0, 0.1) is 23.7 Å². The molecule has 27 nitrogen and oxygen atoms in total. The molecule has 0 spiro atoms. The van der Waals surface area contributed by atoms with Gasteiger partial charge in [0.1, 0.15) is 54.4 Å². The highest BCUT2D eigenvalue weighted by Crippen LogP contribution is 2.22. The molecule has 28 heteroatoms. The summed E-state index contributed by atoms with van der Waals surface area (Å²) in [5, 5.41) is 39.4. The number of carboxylic acid groups (broad SMARTS) is 2. The number of thioether (sulfide) groups is 1. The van der Waals surface area contributed by atoms with Gasteiger partial charge < -0.3 is 74.1 Å². The lowest BCUT2D eigenvalue weighted by Gasteiger charge is -2.33. The largest absolute Gasteiger partial charge is 0.481 e. The van der Waals surface area contributed by atoms with Crippen molar-refractivity contribution < 1.29 is 67.7 Å². The number of nitrogens with zero attached hydrogens (tertiary/aromatic N) is 2. The molecule has 1 aliphatic rings. The zero-order valence-electron chi connectivity index (χ0n) is 45.6. The van der Waals surface area contributed by atoms with Crippen LogP contribution in [0.25, 0.3) is 0 Å². The molecule has 77 heavy (non-hydrogen) atoms. The molecule has 1 aromatic rings. The molecule has 0 aromatic carbocycles. The Morgan fingerprint density at radius 3 is 1.73 bits per heavy atom. The Kier molecular flexibility index (Phi) is 27.6. The van der Waals surface area contributed by atoms with Gasteiger partial charge in [0.25, 0.3) is 0 Å². The summed E-state index contributed by atoms with van der Waals surface area (Å²) in [5.74, 6) is -12.5. The van der Waals surface area contributed by atoms with Gasteiger partial charge in [-0.2, -0.15) is 11.8 Å². The molecule has 2 rings (SSSR count). The first-order valence-electron chi connectivity index (χ1n) is 25.7. The third kappa shape index (κ3) is 22.0. The number of carbonyl (C=O) groups excluding carboxylic acids is 10. The van der Waals surface area contributed by atoms with E-state index in [0.717, 1.165) is 0 Å². The Morgan fingerprint density at radius 2 is 1.21 bits per heavy atom. The number of rotatable bonds is 33. The number of aromatic nitrogens is 2. The summed E-state index contributed by atoms with van der Waals surface area (Å²) < 4.78 is 0. The highest BCUT2D eigenvalue weighted by Gasteiger charge is 2.42. The van der Waals surface area contributed by atoms with Crippen LogP contribution in [0.3, 0.4) is 0 Å². The van der Waals surface area contributed by atoms with Crippen molar-refractivity contribution in [1.82, 2.24) is 57.4 Å². The summed E-state index contributed by atoms with van der Waals surface area (Å²) in [6.07, 6.45) is 3.14. The van der Waals surface area contributed by atoms with Crippen LogP contribution in [0.1, 0.15) is 113 Å². The molecule has 0 bridgehead atoms. The smallest absolute Gasteiger partial charge is 0.325 e. The summed E-state index contributed by atoms with van der Waals surface area (Å²) in [4.78, 5) is 168. The van der Waals surface area contributed by atoms with E-state index in [4.69, 9.17) is 11.5 Å². The minimum atomic E-state index is -1.86. The van der Waals surface area contributed by atoms with Crippen molar-refractivity contribution in [2.45, 2.75) is 174 Å². The zero-order valence-corrected chi connectivity index (χ0v) is 46.4. The molecular formula is C49H81N13O14S. The van der Waals surface area contributed by atoms with Gasteiger partial charge in [0.2, 0.25) is 59.1 Å². The maximum Gasteiger partial charge on any atom is 0.325 e. The van der Waals surface area contributed by atoms with E-state index < -0.39 is 163 Å². The lowest BCUT2D eigenvalue weighted by atomic mass is 9.98. The highest BCUT2D eigenvalue weighted by atomic mass is 32.2. The standard InChI is InChI=1S/C49H81N13O14S/c1-23(2)18-31(42(68)56-30(15-17-77-10)40(66)54-27(9)49(75)76)57-41(67)29(13-14-35(50)63)55-43(69)33(20-36(64)65)58-45(71)34-12-11-16-62(34)48(74)39(26(7)8)61-47(73)38(25(5)6)60-44(70)32(19-28-21-52-22-53-28)59-46(72)37(51)24(3)4/h21-27,29-34,37-39H,11-20,51H2,1-10H3,(H2,50,63)(H,52,53)(H,54,66)(H,55,69)(H,56,68)(H,57,67)(H,58,71)(H,59,72)(H,60,70)(H,61,73)(H,64,65)(H,75,76)/t27-,29-,30-,31-,32-,33-,34-,37-,38-,39-/m0/s1. The Morgan fingerprint density at radius 1 is 0.675 bits per heavy atom. The van der Waals surface area contributed by atoms with E-state index in [1.165, 1.54) is 36.1 Å². The summed E-state index contributed by atoms with van der Waals surface area (Å²) in [6, 6.07) is -13.2. The number of carbonyl (C=O) groups is 12. The fraction of sp³-hybridized carbons (Fsp3) is 0.694. The fourth-order valence-electron chi connectivity index (χ4n) is 8.03. The number of H-pyrrole nitrogens is 1. The lowest BCUT2D eigenvalue weighted by Crippen LogP contribution is -2.62. The first kappa shape index (κ1) is 66.3. The number of nitrogens with one attached hydrogen (secondary N) is 9. The Labute approximate surface area is 452 Å². The van der Waals surface area contributed by atoms with Gasteiger partial charge in [-0.3, -0.25) is 57.5 Å². The third-order valence-corrected chi connectivity index (χ3v) is 13.2. The molecule has 1 aromatic heterocycles. The second-order valence-electron chi connectivity index (χ2n) is 20.6. The molecule has 432 valence electrons. The van der Waals surface area contributed by atoms with Crippen molar-refractivity contribution >= 4 is 82.8 Å². The number of aromatic amines is 1. The van der Waals surface area contributed by atoms with E-state index >= 15 is 0 Å². The number of nitrogens with two attached hydrogens (primary N) is 2. The van der Waals surface area contributed by atoms with Crippen LogP contribution in [-0.4, -0.2) is 175 Å². The molecule has 15 N–H and O–H groups in total. The number of likely N-dealkylation sites (tertiary alicyclic amines) is 1. The van der Waals surface area contributed by atoms with Crippen molar-refractivity contribution in [3.63, 3.8) is 0 Å². The number of carboxylic acids is 2. The second kappa shape index (κ2) is 32.0. The zero-order chi connectivity index (χ0) is 58.4. The van der Waals surface area contributed by atoms with E-state index in [1.54, 1.807) is 61.6 Å². The molecule has 0 saturated carbocycles. The molecule has 0 unspecified atom stereocenters. The number of imidazole rings is 1. The molecular weight excluding hydrogens is 1030 g/mol. The summed E-state index contributed by atoms with van der Waals surface area (Å²) in [7, 11) is 0. The minimum absolute atomic E-state index is 0.00417. The normalized spacial score (nSPS) is 16.9. The molecule has 1 fully saturated rings. The van der Waals surface area contributed by atoms with Crippen LogP contribution < -0.4 is 54.0 Å². The molecule has 1 aliphatic heterocycles. The van der Waals surface area contributed by atoms with Gasteiger partial charge in [0.15, 0.2) is 0 Å². The number of primary amides is 1. The van der Waals surface area contributed by atoms with Gasteiger partial charge in [-0.15, -0.1) is 0 Å². The van der Waals surface area contributed by atoms with Crippen LogP contribution in [0.4, 0.5) is 0 Å². The highest BCUT2D eigenvalue weighted by molar-refractivity contribution is 7.98. The first-order chi connectivity index (χ1) is 36.0. The van der Waals surface area contributed by atoms with E-state index in [1.807, 2.05) is 0 Å². The van der Waals surface area contributed by atoms with E-state index in [0.29, 0.717) is 11.4 Å². The molecule has 10 amide bonds. The van der Waals surface area contributed by atoms with Crippen molar-refractivity contribution in [1.29, 1.82) is 0 Å². The Balaban J connectivity index is 2.36. The monoisotopic (exact) mass is 1110 g/mol. The van der Waals surface area contributed by atoms with Crippen LogP contribution in [0.2, 0.25) is 0 Å². The van der Waals surface area contributed by atoms with Gasteiger partial charge in [-0.1, -0.05) is 55.4 Å². The van der Waals surface area contributed by atoms with Crippen LogP contribution in [0.5, 0.6) is 0 Å². The van der Waals surface area contributed by atoms with Gasteiger partial charge in [0, 0.05) is 31.3 Å². The van der Waals surface area contributed by atoms with Gasteiger partial charge in [0.05, 0.1) is 18.8 Å². The van der Waals surface area contributed by atoms with Crippen LogP contribution >= 0.6 is 11.8 Å². The van der Waals surface area contributed by atoms with Crippen molar-refractivity contribution in [2.75, 3.05) is 18.6 Å². The molecule has 1 saturated heterocycles. The SMILES string of the molecule is CSCC[C@H](NC(=O)[C@H](CC(C)C)NC(=O)[C@H](CCC(N)=O)NC(=O)[C@H](CC(=O)O)NC(=O)[C@@H]1CCCN1C(=O)[C@@H](NC(=O)[C@@H](NC(=O)[C@H](Cc1cnc[nH]1)NC(=O)[C@@H](N)C(C)C)C(C)C)C(C)C)C(=O)N[C@@H](C)C(=O)O. The van der Waals surface area contributed by atoms with Gasteiger partial charge in [-0.05, 0) is 74.7 Å². The maximum atomic E-state index is 14.4. The summed E-state index contributed by atoms with van der Waals surface area (Å²) in [6.45, 7) is 14.8. The van der Waals surface area contributed by atoms with E-state index in [9.17, 15) is 67.7 Å². The number of aliphatic carboxylic acids is 2. The summed E-state index contributed by atoms with van der Waals surface area (Å²) >= 11 is 1.36. The summed E-state index contributed by atoms with van der Waals surface area (Å²) in [5.41, 5.74) is 12.0. The topological polar surface area (TPSA) is 425 Å². The van der Waals surface area contributed by atoms with Gasteiger partial charge >= 0.3 is 11.9 Å². The number of hydrogen-bond acceptors (Lipinski definition) is 15. The third-order valence-electron chi connectivity index (χ3n) is 12.6. The molecule has 2 heterocycles. The lowest BCUT2D eigenvalue weighted by molar-refractivity contribution is -0.145. The predicted octanol–water partition coefficient (Wildman–Crippen LogP) is -2.24. The average molecular weight is 1110 g/mol. The molecule has 0 aliphatic carbocycles. The van der Waals surface area contributed by atoms with Crippen molar-refractivity contribution in [3.05, 3.63) is 18.2 Å². The van der Waals surface area contributed by atoms with Crippen molar-refractivity contribution in [3.8, 4) is 0 Å². The Bertz CT molecular complexity index is 2230. The second-order valence-corrected chi connectivity index (χ2v) is 21.6. The first-order valence-corrected chi connectivity index (χ1v) is 27.1. The minimum Gasteiger partial charge on any atom is -0.481 e. The quantitative estimate of drug-likeness (QED) is 0.0354. The maximum absolute atomic E-state index is 14.4. The molecule has 0 radical (unpaired) electrons. The molecule has 10 atom stereocenters. The number of hydrogen-bond donors (Lipinski definition) is 13. The number of amides is 10. The fourth-order valence-corrected chi connectivity index (χ4v) is 8.50. The van der Waals surface area contributed by atoms with Gasteiger partial charge in [-0.25, -0.2) is 4.98 Å². The van der Waals surface area contributed by atoms with Crippen LogP contribution in [0.15, 0.2) is 12.5 Å². The van der Waals surface area contributed by atoms with E-state index in [-0.39, 0.29) is 50.5 Å². The van der Waals surface area contributed by atoms with Crippen LogP contribution in [-0.2, 0) is 64.0 Å². The Hall–Kier alpha value is -6.84. The average Bonchev–Trinajstić information content (AvgIpc) is 4.06.